The number of allylic oxidation sites excluding steroid dienone is 19. The molecule has 0 spiro atoms. The molecule has 3 unspecified atom stereocenters. The highest BCUT2D eigenvalue weighted by Gasteiger charge is 2.28. The van der Waals surface area contributed by atoms with Crippen LogP contribution in [0.15, 0.2) is 122 Å². The van der Waals surface area contributed by atoms with E-state index in [2.05, 4.69) is 124 Å². The maximum absolute atomic E-state index is 12.9. The Balaban J connectivity index is 4.84. The Morgan fingerprint density at radius 2 is 0.724 bits per heavy atom. The van der Waals surface area contributed by atoms with Crippen LogP contribution in [0.5, 0.6) is 0 Å². The molecule has 0 rings (SSSR count). The van der Waals surface area contributed by atoms with Gasteiger partial charge in [-0.25, -0.2) is 4.57 Å². The molecule has 0 saturated heterocycles. The molecule has 11 nitrogen and oxygen atoms in total. The highest BCUT2D eigenvalue weighted by atomic mass is 31.2. The zero-order valence-corrected chi connectivity index (χ0v) is 48.6. The fourth-order valence-electron chi connectivity index (χ4n) is 7.47. The van der Waals surface area contributed by atoms with Crippen LogP contribution >= 0.6 is 7.82 Å². The fourth-order valence-corrected chi connectivity index (χ4v) is 8.26. The molecular weight excluding hydrogens is 976 g/mol. The maximum atomic E-state index is 12.9. The van der Waals surface area contributed by atoms with E-state index in [1.165, 1.54) is 51.4 Å². The SMILES string of the molecule is CC/C=C\C/C=C\C/C=C\C/C=C\C/C=C\CC(=O)OCC(COP(=O)(O)OCC(CO)OC(=O)CCCCCCC/C=C\C/C=C\C/C=C\CC)OC(=O)CCCCCCCCCCC/C=C\C/C=C\CCCCC. The standard InChI is InChI=1S/C64H105O11P/c1-4-7-10-13-16-19-22-25-28-29-30-31-34-37-40-43-46-49-52-55-64(68)75-61(57-71-62(66)53-50-47-44-41-38-35-32-26-23-20-17-14-11-8-5-2)59-73-76(69,70)72-58-60(56-65)74-63(67)54-51-48-45-42-39-36-33-27-24-21-18-15-12-9-6-3/h8-9,11-12,16-21,25-28,32-33,38,41,47,50,60-61,65H,4-7,10,13-15,22-24,29-31,34-37,39-40,42-46,48-49,51-59H2,1-3H3,(H,69,70)/b11-8-,12-9-,19-16-,20-17-,21-18-,28-25-,32-26-,33-27-,41-38-,50-47-. The summed E-state index contributed by atoms with van der Waals surface area (Å²) in [5.41, 5.74) is 0. The van der Waals surface area contributed by atoms with Crippen molar-refractivity contribution in [2.75, 3.05) is 26.4 Å². The van der Waals surface area contributed by atoms with Gasteiger partial charge >= 0.3 is 25.7 Å². The van der Waals surface area contributed by atoms with Gasteiger partial charge in [0.25, 0.3) is 0 Å². The van der Waals surface area contributed by atoms with Gasteiger partial charge in [-0.05, 0) is 109 Å². The van der Waals surface area contributed by atoms with Crippen LogP contribution in [-0.4, -0.2) is 66.5 Å². The van der Waals surface area contributed by atoms with Crippen LogP contribution in [0.1, 0.15) is 226 Å². The van der Waals surface area contributed by atoms with Crippen molar-refractivity contribution in [3.8, 4) is 0 Å². The van der Waals surface area contributed by atoms with Gasteiger partial charge in [-0.3, -0.25) is 23.4 Å². The number of hydrogen-bond acceptors (Lipinski definition) is 10. The first-order valence-corrected chi connectivity index (χ1v) is 30.9. The molecular formula is C64H105O11P. The van der Waals surface area contributed by atoms with Crippen LogP contribution in [0.25, 0.3) is 0 Å². The minimum Gasteiger partial charge on any atom is -0.461 e. The lowest BCUT2D eigenvalue weighted by Crippen LogP contribution is -2.30. The number of aliphatic hydroxyl groups excluding tert-OH is 1. The van der Waals surface area contributed by atoms with Crippen LogP contribution < -0.4 is 0 Å². The van der Waals surface area contributed by atoms with E-state index >= 15 is 0 Å². The third-order valence-electron chi connectivity index (χ3n) is 11.9. The van der Waals surface area contributed by atoms with E-state index in [0.717, 1.165) is 116 Å². The fraction of sp³-hybridized carbons (Fsp3) is 0.641. The van der Waals surface area contributed by atoms with Gasteiger partial charge < -0.3 is 24.2 Å². The topological polar surface area (TPSA) is 155 Å². The number of phosphoric acid groups is 1. The summed E-state index contributed by atoms with van der Waals surface area (Å²) in [4.78, 5) is 48.5. The lowest BCUT2D eigenvalue weighted by Gasteiger charge is -2.21. The lowest BCUT2D eigenvalue weighted by molar-refractivity contribution is -0.161. The molecule has 0 radical (unpaired) electrons. The largest absolute Gasteiger partial charge is 0.472 e. The summed E-state index contributed by atoms with van der Waals surface area (Å²) in [5.74, 6) is -1.65. The average Bonchev–Trinajstić information content (AvgIpc) is 3.41. The Morgan fingerprint density at radius 1 is 0.395 bits per heavy atom. The van der Waals surface area contributed by atoms with Gasteiger partial charge in [-0.2, -0.15) is 0 Å². The van der Waals surface area contributed by atoms with Crippen molar-refractivity contribution >= 4 is 25.7 Å². The zero-order chi connectivity index (χ0) is 55.5. The van der Waals surface area contributed by atoms with Crippen molar-refractivity contribution < 1.29 is 52.2 Å². The van der Waals surface area contributed by atoms with Gasteiger partial charge in [0.2, 0.25) is 0 Å². The smallest absolute Gasteiger partial charge is 0.461 e. The van der Waals surface area contributed by atoms with E-state index in [1.807, 2.05) is 12.2 Å². The number of phosphoric ester groups is 1. The molecule has 0 aromatic carbocycles. The minimum absolute atomic E-state index is 0.0130. The van der Waals surface area contributed by atoms with Crippen molar-refractivity contribution in [1.29, 1.82) is 0 Å². The van der Waals surface area contributed by atoms with E-state index in [-0.39, 0.29) is 19.3 Å². The number of carbonyl (C=O) groups excluding carboxylic acids is 3. The Labute approximate surface area is 462 Å². The normalized spacial score (nSPS) is 14.2. The van der Waals surface area contributed by atoms with Gasteiger partial charge in [-0.1, -0.05) is 219 Å². The molecule has 0 aromatic heterocycles. The highest BCUT2D eigenvalue weighted by Crippen LogP contribution is 2.43. The first-order chi connectivity index (χ1) is 37.2. The Morgan fingerprint density at radius 3 is 1.12 bits per heavy atom. The molecule has 0 aliphatic heterocycles. The number of aliphatic hydroxyl groups is 1. The first-order valence-electron chi connectivity index (χ1n) is 29.4. The van der Waals surface area contributed by atoms with Gasteiger partial charge in [0.1, 0.15) is 12.7 Å². The summed E-state index contributed by atoms with van der Waals surface area (Å²) in [6.45, 7) is 4.25. The molecule has 0 aliphatic carbocycles. The van der Waals surface area contributed by atoms with E-state index in [0.29, 0.717) is 19.3 Å². The molecule has 432 valence electrons. The molecule has 2 N–H and O–H groups in total. The summed E-state index contributed by atoms with van der Waals surface area (Å²) in [6, 6.07) is 0. The molecule has 0 heterocycles. The second kappa shape index (κ2) is 57.1. The van der Waals surface area contributed by atoms with Crippen LogP contribution in [0, 0.1) is 0 Å². The molecule has 0 bridgehead atoms. The Bertz CT molecular complexity index is 1740. The highest BCUT2D eigenvalue weighted by molar-refractivity contribution is 7.47. The van der Waals surface area contributed by atoms with Gasteiger partial charge in [-0.15, -0.1) is 0 Å². The summed E-state index contributed by atoms with van der Waals surface area (Å²) < 4.78 is 39.4. The Kier molecular flexibility index (Phi) is 54.0. The average molecular weight is 1080 g/mol. The van der Waals surface area contributed by atoms with Crippen molar-refractivity contribution in [2.45, 2.75) is 238 Å². The molecule has 0 aliphatic rings. The summed E-state index contributed by atoms with van der Waals surface area (Å²) >= 11 is 0. The van der Waals surface area contributed by atoms with E-state index in [1.54, 1.807) is 6.08 Å². The van der Waals surface area contributed by atoms with Crippen molar-refractivity contribution in [3.63, 3.8) is 0 Å². The number of unbranched alkanes of at least 4 members (excludes halogenated alkanes) is 17. The summed E-state index contributed by atoms with van der Waals surface area (Å²) in [6.07, 6.45) is 70.4. The van der Waals surface area contributed by atoms with E-state index in [4.69, 9.17) is 23.3 Å². The van der Waals surface area contributed by atoms with Gasteiger partial charge in [0.15, 0.2) is 6.10 Å². The molecule has 76 heavy (non-hydrogen) atoms. The van der Waals surface area contributed by atoms with Crippen LogP contribution in [0.4, 0.5) is 0 Å². The Hall–Kier alpha value is -4.12. The molecule has 0 amide bonds. The zero-order valence-electron chi connectivity index (χ0n) is 47.7. The maximum Gasteiger partial charge on any atom is 0.472 e. The molecule has 0 fully saturated rings. The lowest BCUT2D eigenvalue weighted by atomic mass is 10.1. The number of rotatable bonds is 53. The van der Waals surface area contributed by atoms with Crippen molar-refractivity contribution in [1.82, 2.24) is 0 Å². The van der Waals surface area contributed by atoms with Gasteiger partial charge in [0.05, 0.1) is 26.2 Å². The third kappa shape index (κ3) is 54.7. The van der Waals surface area contributed by atoms with E-state index < -0.39 is 64.4 Å². The molecule has 12 heteroatoms. The summed E-state index contributed by atoms with van der Waals surface area (Å²) in [5, 5.41) is 9.82. The molecule has 0 saturated carbocycles. The van der Waals surface area contributed by atoms with Gasteiger partial charge in [0, 0.05) is 12.8 Å². The predicted molar refractivity (Wildman–Crippen MR) is 316 cm³/mol. The third-order valence-corrected chi connectivity index (χ3v) is 12.8. The van der Waals surface area contributed by atoms with Crippen molar-refractivity contribution in [3.05, 3.63) is 122 Å². The van der Waals surface area contributed by atoms with Crippen LogP contribution in [0.3, 0.4) is 0 Å². The second-order valence-corrected chi connectivity index (χ2v) is 20.5. The monoisotopic (exact) mass is 1080 g/mol. The number of esters is 3. The number of hydrogen-bond donors (Lipinski definition) is 2. The van der Waals surface area contributed by atoms with Crippen LogP contribution in [0.2, 0.25) is 0 Å². The summed E-state index contributed by atoms with van der Waals surface area (Å²) in [7, 11) is -4.78. The number of ether oxygens (including phenoxy) is 3. The molecule has 3 atom stereocenters. The van der Waals surface area contributed by atoms with E-state index in [9.17, 15) is 28.9 Å². The minimum atomic E-state index is -4.78. The first kappa shape index (κ1) is 71.9. The van der Waals surface area contributed by atoms with Crippen LogP contribution in [-0.2, 0) is 42.2 Å². The van der Waals surface area contributed by atoms with Crippen molar-refractivity contribution in [2.24, 2.45) is 0 Å². The predicted octanol–water partition coefficient (Wildman–Crippen LogP) is 17.6. The molecule has 0 aromatic rings. The number of carbonyl (C=O) groups is 3. The second-order valence-electron chi connectivity index (χ2n) is 19.1. The quantitative estimate of drug-likeness (QED) is 0.0197.